The summed E-state index contributed by atoms with van der Waals surface area (Å²) in [5.74, 6) is -6.74. The maximum Gasteiger partial charge on any atom is 0.332 e. The fourth-order valence-electron chi connectivity index (χ4n) is 5.00. The average Bonchev–Trinajstić information content (AvgIpc) is 3.01. The van der Waals surface area contributed by atoms with Crippen LogP contribution in [0.15, 0.2) is 42.6 Å². The number of methoxy groups -OCH3 is 1. The van der Waals surface area contributed by atoms with Crippen molar-refractivity contribution in [3.05, 3.63) is 53.9 Å². The minimum atomic E-state index is -1.50. The SMILES string of the molecule is COc1ccn[14c](C(=O)N[C@H]2COC(=O)[C@H](Cc3ccccc3)[C@H](C(C)(C)C(=O)O)[C@H](C)OC2=O)c1OCOC(=O)C(C)C. The van der Waals surface area contributed by atoms with E-state index in [1.807, 2.05) is 6.07 Å². The second-order valence-electron chi connectivity index (χ2n) is 11.2. The first kappa shape index (κ1) is 33.8. The molecule has 1 aromatic carbocycles. The van der Waals surface area contributed by atoms with Gasteiger partial charge in [-0.05, 0) is 32.8 Å². The number of nitrogens with zero attached hydrogens (tertiary/aromatic N) is 1. The molecule has 1 aliphatic rings. The number of ether oxygens (including phenoxy) is 5. The number of esters is 3. The van der Waals surface area contributed by atoms with Crippen LogP contribution < -0.4 is 14.8 Å². The first-order valence-electron chi connectivity index (χ1n) is 14.1. The second-order valence-corrected chi connectivity index (χ2v) is 11.2. The summed E-state index contributed by atoms with van der Waals surface area (Å²) >= 11 is 0. The highest BCUT2D eigenvalue weighted by atomic mass is 16.7. The summed E-state index contributed by atoms with van der Waals surface area (Å²) < 4.78 is 27.0. The number of hydrogen-bond acceptors (Lipinski definition) is 11. The highest BCUT2D eigenvalue weighted by Crippen LogP contribution is 2.40. The monoisotopic (exact) mass is 616 g/mol. The van der Waals surface area contributed by atoms with Gasteiger partial charge in [-0.15, -0.1) is 0 Å². The van der Waals surface area contributed by atoms with Gasteiger partial charge < -0.3 is 34.1 Å². The van der Waals surface area contributed by atoms with E-state index in [0.717, 1.165) is 5.56 Å². The summed E-state index contributed by atoms with van der Waals surface area (Å²) in [4.78, 5) is 68.4. The number of cyclic esters (lactones) is 2. The fourth-order valence-corrected chi connectivity index (χ4v) is 5.00. The van der Waals surface area contributed by atoms with E-state index >= 15 is 0 Å². The van der Waals surface area contributed by atoms with Crippen molar-refractivity contribution < 1.29 is 52.8 Å². The quantitative estimate of drug-likeness (QED) is 0.215. The Morgan fingerprint density at radius 3 is 2.43 bits per heavy atom. The Labute approximate surface area is 255 Å². The van der Waals surface area contributed by atoms with Crippen molar-refractivity contribution >= 4 is 29.8 Å². The van der Waals surface area contributed by atoms with Crippen molar-refractivity contribution in [3.63, 3.8) is 0 Å². The Morgan fingerprint density at radius 1 is 1.14 bits per heavy atom. The number of pyridine rings is 1. The van der Waals surface area contributed by atoms with E-state index in [9.17, 15) is 29.1 Å². The van der Waals surface area contributed by atoms with E-state index in [-0.39, 0.29) is 23.6 Å². The van der Waals surface area contributed by atoms with Crippen LogP contribution in [0.2, 0.25) is 0 Å². The minimum Gasteiger partial charge on any atom is -0.493 e. The Morgan fingerprint density at radius 2 is 1.82 bits per heavy atom. The van der Waals surface area contributed by atoms with Crippen LogP contribution in [0.4, 0.5) is 0 Å². The lowest BCUT2D eigenvalue weighted by Crippen LogP contribution is -2.48. The van der Waals surface area contributed by atoms with Crippen LogP contribution in [0.5, 0.6) is 11.5 Å². The van der Waals surface area contributed by atoms with Crippen LogP contribution in [0.1, 0.15) is 50.7 Å². The van der Waals surface area contributed by atoms with Crippen molar-refractivity contribution in [2.45, 2.75) is 53.2 Å². The molecule has 0 bridgehead atoms. The lowest BCUT2D eigenvalue weighted by molar-refractivity contribution is -0.168. The molecule has 2 N–H and O–H groups in total. The number of hydrogen-bond donors (Lipinski definition) is 2. The molecule has 0 spiro atoms. The molecule has 0 radical (unpaired) electrons. The first-order valence-corrected chi connectivity index (χ1v) is 14.1. The maximum absolute atomic E-state index is 13.5. The summed E-state index contributed by atoms with van der Waals surface area (Å²) in [6, 6.07) is 8.95. The number of carbonyl (C=O) groups excluding carboxylic acids is 4. The van der Waals surface area contributed by atoms with Gasteiger partial charge in [0.1, 0.15) is 12.7 Å². The Balaban J connectivity index is 1.89. The molecule has 1 aliphatic heterocycles. The number of aromatic nitrogens is 1. The van der Waals surface area contributed by atoms with E-state index < -0.39 is 78.5 Å². The van der Waals surface area contributed by atoms with Gasteiger partial charge in [-0.1, -0.05) is 44.2 Å². The highest BCUT2D eigenvalue weighted by Gasteiger charge is 2.50. The third-order valence-electron chi connectivity index (χ3n) is 7.39. The van der Waals surface area contributed by atoms with Gasteiger partial charge in [0.05, 0.1) is 24.4 Å². The van der Waals surface area contributed by atoms with Crippen LogP contribution in [0.3, 0.4) is 0 Å². The fraction of sp³-hybridized carbons (Fsp3) is 0.484. The topological polar surface area (TPSA) is 177 Å². The molecular weight excluding hydrogens is 578 g/mol. The lowest BCUT2D eigenvalue weighted by Gasteiger charge is -2.38. The van der Waals surface area contributed by atoms with Crippen LogP contribution in [-0.2, 0) is 39.8 Å². The summed E-state index contributed by atoms with van der Waals surface area (Å²) in [6.07, 6.45) is 0.351. The van der Waals surface area contributed by atoms with Gasteiger partial charge in [0.2, 0.25) is 6.79 Å². The highest BCUT2D eigenvalue weighted by molar-refractivity contribution is 5.98. The predicted molar refractivity (Wildman–Crippen MR) is 154 cm³/mol. The van der Waals surface area contributed by atoms with Crippen LogP contribution >= 0.6 is 0 Å². The van der Waals surface area contributed by atoms with E-state index in [4.69, 9.17) is 23.7 Å². The molecule has 0 unspecified atom stereocenters. The molecule has 1 aromatic heterocycles. The summed E-state index contributed by atoms with van der Waals surface area (Å²) in [5.41, 5.74) is -1.04. The number of aliphatic carboxylic acids is 1. The average molecular weight is 617 g/mol. The number of carbonyl (C=O) groups is 5. The zero-order valence-corrected chi connectivity index (χ0v) is 25.5. The Hall–Kier alpha value is -4.68. The smallest absolute Gasteiger partial charge is 0.332 e. The summed E-state index contributed by atoms with van der Waals surface area (Å²) in [7, 11) is 1.33. The number of benzene rings is 1. The molecule has 13 nitrogen and oxygen atoms in total. The number of nitrogens with one attached hydrogen (secondary N) is 1. The Bertz CT molecular complexity index is 1360. The Kier molecular flexibility index (Phi) is 11.3. The lowest BCUT2D eigenvalue weighted by atomic mass is 9.67. The first-order chi connectivity index (χ1) is 20.8. The van der Waals surface area contributed by atoms with Gasteiger partial charge >= 0.3 is 23.9 Å². The van der Waals surface area contributed by atoms with Gasteiger partial charge in [-0.2, -0.15) is 0 Å². The van der Waals surface area contributed by atoms with Crippen molar-refractivity contribution in [1.29, 1.82) is 0 Å². The van der Waals surface area contributed by atoms with Gasteiger partial charge in [-0.3, -0.25) is 19.2 Å². The second kappa shape index (κ2) is 14.7. The van der Waals surface area contributed by atoms with Crippen LogP contribution in [0.25, 0.3) is 0 Å². The van der Waals surface area contributed by atoms with Crippen LogP contribution in [0, 0.1) is 23.2 Å². The normalized spacial score (nSPS) is 20.7. The van der Waals surface area contributed by atoms with E-state index in [1.165, 1.54) is 40.1 Å². The van der Waals surface area contributed by atoms with Crippen molar-refractivity contribution in [2.24, 2.45) is 23.2 Å². The molecule has 2 heterocycles. The zero-order chi connectivity index (χ0) is 32.6. The molecule has 3 rings (SSSR count). The summed E-state index contributed by atoms with van der Waals surface area (Å²) in [5, 5.41) is 12.5. The molecular formula is C31H38N2O11. The van der Waals surface area contributed by atoms with Crippen LogP contribution in [-0.4, -0.2) is 72.5 Å². The van der Waals surface area contributed by atoms with E-state index in [0.29, 0.717) is 0 Å². The van der Waals surface area contributed by atoms with E-state index in [1.54, 1.807) is 38.1 Å². The molecule has 44 heavy (non-hydrogen) atoms. The van der Waals surface area contributed by atoms with Gasteiger partial charge in [-0.25, -0.2) is 9.78 Å². The third kappa shape index (κ3) is 8.03. The molecule has 2 aromatic rings. The van der Waals surface area contributed by atoms with Gasteiger partial charge in [0.25, 0.3) is 5.91 Å². The van der Waals surface area contributed by atoms with E-state index in [2.05, 4.69) is 10.3 Å². The number of carboxylic acid groups (broad SMARTS) is 1. The molecule has 238 valence electrons. The van der Waals surface area contributed by atoms with Gasteiger partial charge in [0, 0.05) is 18.2 Å². The predicted octanol–water partition coefficient (Wildman–Crippen LogP) is 2.80. The number of rotatable bonds is 11. The van der Waals surface area contributed by atoms with Gasteiger partial charge in [0.15, 0.2) is 23.2 Å². The van der Waals surface area contributed by atoms with Crippen molar-refractivity contribution in [1.82, 2.24) is 10.3 Å². The molecule has 1 fully saturated rings. The molecule has 1 amide bonds. The maximum atomic E-state index is 13.5. The molecule has 1 saturated heterocycles. The van der Waals surface area contributed by atoms with Crippen molar-refractivity contribution in [3.8, 4) is 11.5 Å². The molecule has 0 aliphatic carbocycles. The number of carboxylic acids is 1. The van der Waals surface area contributed by atoms with Crippen molar-refractivity contribution in [2.75, 3.05) is 20.5 Å². The third-order valence-corrected chi connectivity index (χ3v) is 7.39. The number of amides is 1. The molecule has 0 saturated carbocycles. The summed E-state index contributed by atoms with van der Waals surface area (Å²) in [6.45, 7) is 6.59. The minimum absolute atomic E-state index is 0.102. The molecule has 4 atom stereocenters. The zero-order valence-electron chi connectivity index (χ0n) is 25.5. The standard InChI is InChI=1S/C31H38N2O11/c1-17(2)27(35)43-16-42-25-22(40-6)12-13-32-24(25)26(34)33-21-15-41-28(36)20(14-19-10-8-7-9-11-19)23(18(3)44-29(21)37)31(4,5)30(38)39/h7-13,17-18,20-21,23H,14-16H2,1-6H3,(H,33,34)(H,38,39)/t18-,20+,21-,23+/m0/s1/i24+2. The molecule has 13 heteroatoms. The largest absolute Gasteiger partial charge is 0.493 e.